The molecule has 0 saturated carbocycles. The molecule has 3 rings (SSSR count). The van der Waals surface area contributed by atoms with Gasteiger partial charge in [-0.2, -0.15) is 5.10 Å². The first-order chi connectivity index (χ1) is 9.56. The molecule has 0 aliphatic rings. The Morgan fingerprint density at radius 1 is 1.15 bits per heavy atom. The van der Waals surface area contributed by atoms with E-state index in [0.717, 1.165) is 21.1 Å². The molecule has 1 heterocycles. The Morgan fingerprint density at radius 2 is 1.95 bits per heavy atom. The minimum absolute atomic E-state index is 0.435. The highest BCUT2D eigenvalue weighted by atomic mass is 79.9. The minimum Gasteiger partial charge on any atom is -0.397 e. The number of halogens is 3. The largest absolute Gasteiger partial charge is 0.397 e. The van der Waals surface area contributed by atoms with Crippen molar-refractivity contribution >= 4 is 67.1 Å². The second kappa shape index (κ2) is 5.16. The van der Waals surface area contributed by atoms with Crippen molar-refractivity contribution in [3.8, 4) is 0 Å². The highest BCUT2D eigenvalue weighted by Gasteiger charge is 2.10. The van der Waals surface area contributed by atoms with Gasteiger partial charge in [0.1, 0.15) is 0 Å². The van der Waals surface area contributed by atoms with Gasteiger partial charge in [0, 0.05) is 9.86 Å². The fourth-order valence-electron chi connectivity index (χ4n) is 1.88. The van der Waals surface area contributed by atoms with Gasteiger partial charge in [-0.15, -0.1) is 0 Å². The third-order valence-corrected chi connectivity index (χ3v) is 4.69. The molecule has 0 spiro atoms. The first-order valence-electron chi connectivity index (χ1n) is 5.69. The van der Waals surface area contributed by atoms with E-state index in [-0.39, 0.29) is 0 Å². The van der Waals surface area contributed by atoms with E-state index in [4.69, 9.17) is 28.9 Å². The Hall–Kier alpha value is -1.43. The number of anilines is 3. The van der Waals surface area contributed by atoms with Gasteiger partial charge in [0.2, 0.25) is 0 Å². The quantitative estimate of drug-likeness (QED) is 0.440. The lowest BCUT2D eigenvalue weighted by molar-refractivity contribution is 1.12. The lowest BCUT2D eigenvalue weighted by atomic mass is 10.2. The average Bonchev–Trinajstić information content (AvgIpc) is 2.86. The average molecular weight is 372 g/mol. The van der Waals surface area contributed by atoms with Crippen molar-refractivity contribution in [2.45, 2.75) is 0 Å². The van der Waals surface area contributed by atoms with E-state index in [9.17, 15) is 0 Å². The van der Waals surface area contributed by atoms with Crippen molar-refractivity contribution in [1.29, 1.82) is 0 Å². The fourth-order valence-corrected chi connectivity index (χ4v) is 2.71. The van der Waals surface area contributed by atoms with E-state index < -0.39 is 0 Å². The Balaban J connectivity index is 2.04. The summed E-state index contributed by atoms with van der Waals surface area (Å²) >= 11 is 15.6. The smallest absolute Gasteiger partial charge is 0.0838 e. The van der Waals surface area contributed by atoms with Crippen molar-refractivity contribution in [2.24, 2.45) is 0 Å². The van der Waals surface area contributed by atoms with E-state index >= 15 is 0 Å². The van der Waals surface area contributed by atoms with Crippen LogP contribution in [0.5, 0.6) is 0 Å². The molecule has 4 nitrogen and oxygen atoms in total. The third-order valence-electron chi connectivity index (χ3n) is 2.91. The van der Waals surface area contributed by atoms with E-state index in [1.54, 1.807) is 6.20 Å². The summed E-state index contributed by atoms with van der Waals surface area (Å²) in [6, 6.07) is 7.37. The molecule has 0 fully saturated rings. The molecule has 3 aromatic rings. The number of benzene rings is 2. The van der Waals surface area contributed by atoms with Gasteiger partial charge in [0.15, 0.2) is 0 Å². The van der Waals surface area contributed by atoms with Crippen molar-refractivity contribution in [2.75, 3.05) is 11.1 Å². The summed E-state index contributed by atoms with van der Waals surface area (Å²) in [6.45, 7) is 0. The molecule has 0 saturated heterocycles. The Bertz CT molecular complexity index is 800. The lowest BCUT2D eigenvalue weighted by Crippen LogP contribution is -1.97. The second-order valence-electron chi connectivity index (χ2n) is 4.24. The van der Waals surface area contributed by atoms with Crippen LogP contribution in [0, 0.1) is 0 Å². The zero-order chi connectivity index (χ0) is 14.3. The molecule has 0 aliphatic heterocycles. The standard InChI is InChI=1S/C13H9BrCl2N4/c14-7-1-2-9(13(16)12(7)15)19-11-4-10-6(3-8(11)17)5-18-20-10/h1-5,19H,17H2,(H,18,20). The van der Waals surface area contributed by atoms with Gasteiger partial charge in [0.25, 0.3) is 0 Å². The summed E-state index contributed by atoms with van der Waals surface area (Å²) in [5.41, 5.74) is 8.94. The molecular weight excluding hydrogens is 363 g/mol. The highest BCUT2D eigenvalue weighted by Crippen LogP contribution is 2.38. The first kappa shape index (κ1) is 13.5. The normalized spacial score (nSPS) is 10.9. The fraction of sp³-hybridized carbons (Fsp3) is 0. The van der Waals surface area contributed by atoms with Crippen molar-refractivity contribution in [1.82, 2.24) is 10.2 Å². The Morgan fingerprint density at radius 3 is 2.75 bits per heavy atom. The molecule has 7 heteroatoms. The molecule has 0 bridgehead atoms. The van der Waals surface area contributed by atoms with Crippen LogP contribution in [0.1, 0.15) is 0 Å². The molecule has 20 heavy (non-hydrogen) atoms. The van der Waals surface area contributed by atoms with Crippen LogP contribution in [0.25, 0.3) is 10.9 Å². The molecule has 4 N–H and O–H groups in total. The monoisotopic (exact) mass is 370 g/mol. The molecule has 0 unspecified atom stereocenters. The number of nitrogen functional groups attached to an aromatic ring is 1. The third kappa shape index (κ3) is 2.32. The highest BCUT2D eigenvalue weighted by molar-refractivity contribution is 9.10. The number of aromatic amines is 1. The van der Waals surface area contributed by atoms with E-state index in [2.05, 4.69) is 31.4 Å². The number of fused-ring (bicyclic) bond motifs is 1. The summed E-state index contributed by atoms with van der Waals surface area (Å²) in [7, 11) is 0. The van der Waals surface area contributed by atoms with Crippen LogP contribution in [0.15, 0.2) is 34.9 Å². The SMILES string of the molecule is Nc1cc2cn[nH]c2cc1Nc1ccc(Br)c(Cl)c1Cl. The topological polar surface area (TPSA) is 66.7 Å². The summed E-state index contributed by atoms with van der Waals surface area (Å²) in [5.74, 6) is 0. The van der Waals surface area contributed by atoms with Gasteiger partial charge < -0.3 is 11.1 Å². The van der Waals surface area contributed by atoms with E-state index in [1.165, 1.54) is 0 Å². The van der Waals surface area contributed by atoms with Gasteiger partial charge in [-0.3, -0.25) is 5.10 Å². The second-order valence-corrected chi connectivity index (χ2v) is 5.85. The van der Waals surface area contributed by atoms with Crippen molar-refractivity contribution < 1.29 is 0 Å². The van der Waals surface area contributed by atoms with Crippen LogP contribution in [0.2, 0.25) is 10.0 Å². The zero-order valence-electron chi connectivity index (χ0n) is 10.0. The molecular formula is C13H9BrCl2N4. The van der Waals surface area contributed by atoms with E-state index in [1.807, 2.05) is 24.3 Å². The molecule has 102 valence electrons. The minimum atomic E-state index is 0.435. The lowest BCUT2D eigenvalue weighted by Gasteiger charge is -2.12. The Labute approximate surface area is 133 Å². The summed E-state index contributed by atoms with van der Waals surface area (Å²) in [5, 5.41) is 11.9. The molecule has 1 aromatic heterocycles. The summed E-state index contributed by atoms with van der Waals surface area (Å²) in [6.07, 6.45) is 1.72. The number of nitrogens with zero attached hydrogens (tertiary/aromatic N) is 1. The number of hydrogen-bond donors (Lipinski definition) is 3. The van der Waals surface area contributed by atoms with Gasteiger partial charge in [-0.25, -0.2) is 0 Å². The predicted octanol–water partition coefficient (Wildman–Crippen LogP) is 4.96. The number of nitrogens with two attached hydrogens (primary N) is 1. The van der Waals surface area contributed by atoms with Gasteiger partial charge >= 0.3 is 0 Å². The number of aromatic nitrogens is 2. The maximum atomic E-state index is 6.21. The van der Waals surface area contributed by atoms with Crippen LogP contribution in [0.4, 0.5) is 17.1 Å². The molecule has 0 atom stereocenters. The first-order valence-corrected chi connectivity index (χ1v) is 7.24. The maximum absolute atomic E-state index is 6.21. The number of H-pyrrole nitrogens is 1. The van der Waals surface area contributed by atoms with Crippen molar-refractivity contribution in [3.63, 3.8) is 0 Å². The van der Waals surface area contributed by atoms with Crippen LogP contribution in [-0.4, -0.2) is 10.2 Å². The van der Waals surface area contributed by atoms with Gasteiger partial charge in [0.05, 0.1) is 38.8 Å². The number of rotatable bonds is 2. The number of nitrogens with one attached hydrogen (secondary N) is 2. The van der Waals surface area contributed by atoms with Crippen molar-refractivity contribution in [3.05, 3.63) is 45.0 Å². The van der Waals surface area contributed by atoms with Gasteiger partial charge in [-0.1, -0.05) is 23.2 Å². The molecule has 0 aliphatic carbocycles. The van der Waals surface area contributed by atoms with E-state index in [0.29, 0.717) is 21.4 Å². The summed E-state index contributed by atoms with van der Waals surface area (Å²) in [4.78, 5) is 0. The van der Waals surface area contributed by atoms with Crippen LogP contribution >= 0.6 is 39.1 Å². The van der Waals surface area contributed by atoms with Gasteiger partial charge in [-0.05, 0) is 40.2 Å². The molecule has 0 amide bonds. The zero-order valence-corrected chi connectivity index (χ0v) is 13.1. The predicted molar refractivity (Wildman–Crippen MR) is 88.0 cm³/mol. The summed E-state index contributed by atoms with van der Waals surface area (Å²) < 4.78 is 0.742. The maximum Gasteiger partial charge on any atom is 0.0838 e. The Kier molecular flexibility index (Phi) is 3.50. The van der Waals surface area contributed by atoms with Crippen LogP contribution < -0.4 is 11.1 Å². The number of hydrogen-bond acceptors (Lipinski definition) is 3. The van der Waals surface area contributed by atoms with Crippen LogP contribution in [0.3, 0.4) is 0 Å². The molecule has 2 aromatic carbocycles. The van der Waals surface area contributed by atoms with Crippen LogP contribution in [-0.2, 0) is 0 Å². The molecule has 0 radical (unpaired) electrons.